The molecular formula is C16H23N3O. The van der Waals surface area contributed by atoms with E-state index in [9.17, 15) is 5.11 Å². The number of para-hydroxylation sites is 1. The Morgan fingerprint density at radius 1 is 1.25 bits per heavy atom. The molecule has 108 valence electrons. The minimum absolute atomic E-state index is 0.0981. The van der Waals surface area contributed by atoms with Crippen molar-refractivity contribution in [3.63, 3.8) is 0 Å². The lowest BCUT2D eigenvalue weighted by molar-refractivity contribution is 0.130. The van der Waals surface area contributed by atoms with Gasteiger partial charge in [0.1, 0.15) is 0 Å². The molecule has 1 aliphatic rings. The Bertz CT molecular complexity index is 570. The van der Waals surface area contributed by atoms with Crippen molar-refractivity contribution in [2.75, 3.05) is 32.8 Å². The van der Waals surface area contributed by atoms with Crippen LogP contribution in [0.1, 0.15) is 18.0 Å². The summed E-state index contributed by atoms with van der Waals surface area (Å²) in [6.45, 7) is 4.29. The molecule has 20 heavy (non-hydrogen) atoms. The molecule has 4 heteroatoms. The number of aromatic nitrogens is 1. The molecule has 0 spiro atoms. The van der Waals surface area contributed by atoms with Crippen molar-refractivity contribution in [2.24, 2.45) is 7.05 Å². The standard InChI is InChI=1S/C16H23N3O/c1-18-11-14(13-5-2-3-6-15(13)18)16(12-20)19-9-4-7-17-8-10-19/h2-3,5-6,11,16-17,20H,4,7-10,12H2,1H3. The van der Waals surface area contributed by atoms with Crippen molar-refractivity contribution in [1.29, 1.82) is 0 Å². The maximum absolute atomic E-state index is 9.92. The zero-order chi connectivity index (χ0) is 13.9. The summed E-state index contributed by atoms with van der Waals surface area (Å²) < 4.78 is 2.16. The maximum Gasteiger partial charge on any atom is 0.0629 e. The lowest BCUT2D eigenvalue weighted by atomic mass is 10.0. The number of hydrogen-bond donors (Lipinski definition) is 2. The van der Waals surface area contributed by atoms with Crippen LogP contribution in [0.25, 0.3) is 10.9 Å². The molecule has 2 N–H and O–H groups in total. The number of aliphatic hydroxyl groups is 1. The first kappa shape index (κ1) is 13.6. The van der Waals surface area contributed by atoms with Crippen LogP contribution in [0.5, 0.6) is 0 Å². The Morgan fingerprint density at radius 2 is 2.10 bits per heavy atom. The number of hydrogen-bond acceptors (Lipinski definition) is 3. The van der Waals surface area contributed by atoms with Crippen LogP contribution < -0.4 is 5.32 Å². The van der Waals surface area contributed by atoms with Crippen LogP contribution in [0, 0.1) is 0 Å². The van der Waals surface area contributed by atoms with Gasteiger partial charge in [-0.1, -0.05) is 18.2 Å². The highest BCUT2D eigenvalue weighted by molar-refractivity contribution is 5.84. The summed E-state index contributed by atoms with van der Waals surface area (Å²) in [6.07, 6.45) is 3.31. The van der Waals surface area contributed by atoms with Gasteiger partial charge in [-0.25, -0.2) is 0 Å². The highest BCUT2D eigenvalue weighted by atomic mass is 16.3. The van der Waals surface area contributed by atoms with E-state index >= 15 is 0 Å². The molecule has 0 bridgehead atoms. The molecular weight excluding hydrogens is 250 g/mol. The van der Waals surface area contributed by atoms with Crippen molar-refractivity contribution in [3.05, 3.63) is 36.0 Å². The summed E-state index contributed by atoms with van der Waals surface area (Å²) >= 11 is 0. The number of aryl methyl sites for hydroxylation is 1. The summed E-state index contributed by atoms with van der Waals surface area (Å²) in [5, 5.41) is 14.6. The second-order valence-electron chi connectivity index (χ2n) is 5.55. The summed E-state index contributed by atoms with van der Waals surface area (Å²) in [5.41, 5.74) is 2.47. The van der Waals surface area contributed by atoms with Gasteiger partial charge >= 0.3 is 0 Å². The predicted molar refractivity (Wildman–Crippen MR) is 81.8 cm³/mol. The van der Waals surface area contributed by atoms with Gasteiger partial charge in [0.25, 0.3) is 0 Å². The van der Waals surface area contributed by atoms with E-state index in [4.69, 9.17) is 0 Å². The van der Waals surface area contributed by atoms with Gasteiger partial charge in [-0.2, -0.15) is 0 Å². The number of fused-ring (bicyclic) bond motifs is 1. The predicted octanol–water partition coefficient (Wildman–Crippen LogP) is 1.51. The van der Waals surface area contributed by atoms with Crippen molar-refractivity contribution < 1.29 is 5.11 Å². The Morgan fingerprint density at radius 3 is 2.95 bits per heavy atom. The van der Waals surface area contributed by atoms with Crippen LogP contribution in [0.3, 0.4) is 0 Å². The molecule has 1 unspecified atom stereocenters. The van der Waals surface area contributed by atoms with E-state index in [-0.39, 0.29) is 12.6 Å². The van der Waals surface area contributed by atoms with Crippen molar-refractivity contribution >= 4 is 10.9 Å². The van der Waals surface area contributed by atoms with Gasteiger partial charge in [0.15, 0.2) is 0 Å². The van der Waals surface area contributed by atoms with Crippen LogP contribution in [-0.2, 0) is 7.05 Å². The normalized spacial score (nSPS) is 19.1. The van der Waals surface area contributed by atoms with Gasteiger partial charge in [-0.15, -0.1) is 0 Å². The smallest absolute Gasteiger partial charge is 0.0629 e. The lowest BCUT2D eigenvalue weighted by Gasteiger charge is -2.28. The van der Waals surface area contributed by atoms with Crippen molar-refractivity contribution in [1.82, 2.24) is 14.8 Å². The summed E-state index contributed by atoms with van der Waals surface area (Å²) in [4.78, 5) is 2.40. The van der Waals surface area contributed by atoms with Crippen LogP contribution >= 0.6 is 0 Å². The van der Waals surface area contributed by atoms with Gasteiger partial charge in [0.2, 0.25) is 0 Å². The van der Waals surface area contributed by atoms with Gasteiger partial charge in [-0.3, -0.25) is 4.90 Å². The van der Waals surface area contributed by atoms with E-state index in [1.165, 1.54) is 16.5 Å². The minimum atomic E-state index is 0.0981. The van der Waals surface area contributed by atoms with E-state index in [1.807, 2.05) is 0 Å². The van der Waals surface area contributed by atoms with Crippen LogP contribution in [0.4, 0.5) is 0 Å². The largest absolute Gasteiger partial charge is 0.394 e. The quantitative estimate of drug-likeness (QED) is 0.890. The van der Waals surface area contributed by atoms with E-state index in [0.717, 1.165) is 32.6 Å². The molecule has 1 fully saturated rings. The highest BCUT2D eigenvalue weighted by Gasteiger charge is 2.23. The number of nitrogens with one attached hydrogen (secondary N) is 1. The second-order valence-corrected chi connectivity index (χ2v) is 5.55. The van der Waals surface area contributed by atoms with Gasteiger partial charge in [0, 0.05) is 43.8 Å². The average molecular weight is 273 g/mol. The first-order valence-corrected chi connectivity index (χ1v) is 7.41. The van der Waals surface area contributed by atoms with E-state index in [2.05, 4.69) is 52.3 Å². The molecule has 0 saturated carbocycles. The van der Waals surface area contributed by atoms with Crippen LogP contribution in [-0.4, -0.2) is 47.4 Å². The Labute approximate surface area is 120 Å². The van der Waals surface area contributed by atoms with Gasteiger partial charge in [-0.05, 0) is 24.6 Å². The first-order chi connectivity index (χ1) is 9.81. The molecule has 0 radical (unpaired) electrons. The summed E-state index contributed by atoms with van der Waals surface area (Å²) in [7, 11) is 2.07. The molecule has 2 aromatic rings. The fourth-order valence-corrected chi connectivity index (χ4v) is 3.23. The molecule has 1 saturated heterocycles. The monoisotopic (exact) mass is 273 g/mol. The third-order valence-electron chi connectivity index (χ3n) is 4.28. The molecule has 0 amide bonds. The molecule has 1 aromatic heterocycles. The fraction of sp³-hybridized carbons (Fsp3) is 0.500. The number of benzene rings is 1. The average Bonchev–Trinajstić information content (AvgIpc) is 2.68. The Kier molecular flexibility index (Phi) is 4.05. The Hall–Kier alpha value is -1.36. The molecule has 1 aromatic carbocycles. The lowest BCUT2D eigenvalue weighted by Crippen LogP contribution is -2.34. The molecule has 0 aliphatic carbocycles. The van der Waals surface area contributed by atoms with Crippen LogP contribution in [0.2, 0.25) is 0 Å². The summed E-state index contributed by atoms with van der Waals surface area (Å²) in [5.74, 6) is 0. The van der Waals surface area contributed by atoms with E-state index < -0.39 is 0 Å². The Balaban J connectivity index is 1.98. The van der Waals surface area contributed by atoms with E-state index in [1.54, 1.807) is 0 Å². The van der Waals surface area contributed by atoms with Crippen molar-refractivity contribution in [3.8, 4) is 0 Å². The zero-order valence-electron chi connectivity index (χ0n) is 12.0. The summed E-state index contributed by atoms with van der Waals surface area (Å²) in [6, 6.07) is 8.53. The maximum atomic E-state index is 9.92. The third kappa shape index (κ3) is 2.46. The molecule has 4 nitrogen and oxygen atoms in total. The minimum Gasteiger partial charge on any atom is -0.394 e. The van der Waals surface area contributed by atoms with Crippen molar-refractivity contribution in [2.45, 2.75) is 12.5 Å². The molecule has 2 heterocycles. The topological polar surface area (TPSA) is 40.4 Å². The van der Waals surface area contributed by atoms with Gasteiger partial charge in [0.05, 0.1) is 12.6 Å². The third-order valence-corrected chi connectivity index (χ3v) is 4.28. The SMILES string of the molecule is Cn1cc(C(CO)N2CCCNCC2)c2ccccc21. The number of nitrogens with zero attached hydrogens (tertiary/aromatic N) is 2. The molecule has 1 aliphatic heterocycles. The van der Waals surface area contributed by atoms with Crippen LogP contribution in [0.15, 0.2) is 30.5 Å². The second kappa shape index (κ2) is 5.95. The molecule has 1 atom stereocenters. The zero-order valence-corrected chi connectivity index (χ0v) is 12.0. The van der Waals surface area contributed by atoms with E-state index in [0.29, 0.717) is 0 Å². The number of aliphatic hydroxyl groups excluding tert-OH is 1. The molecule has 3 rings (SSSR count). The fourth-order valence-electron chi connectivity index (χ4n) is 3.23. The van der Waals surface area contributed by atoms with Gasteiger partial charge < -0.3 is 15.0 Å². The highest BCUT2D eigenvalue weighted by Crippen LogP contribution is 2.29. The number of rotatable bonds is 3. The first-order valence-electron chi connectivity index (χ1n) is 7.41.